The van der Waals surface area contributed by atoms with Crippen LogP contribution in [0, 0.1) is 0 Å². The van der Waals surface area contributed by atoms with Crippen LogP contribution in [0.5, 0.6) is 0 Å². The minimum Gasteiger partial charge on any atom is -0.225 e. The average Bonchev–Trinajstić information content (AvgIpc) is 1.93. The van der Waals surface area contributed by atoms with Crippen LogP contribution < -0.4 is 0 Å². The Morgan fingerprint density at radius 2 is 1.91 bits per heavy atom. The van der Waals surface area contributed by atoms with Gasteiger partial charge in [0, 0.05) is 17.3 Å². The number of hydrogen-bond acceptors (Lipinski definition) is 3. The van der Waals surface area contributed by atoms with Gasteiger partial charge in [0.25, 0.3) is 5.76 Å². The average molecular weight is 197 g/mol. The number of aromatic nitrogens is 2. The molecule has 1 aromatic rings. The molecule has 0 aromatic carbocycles. The number of rotatable bonds is 2. The fraction of sp³-hybridized carbons (Fsp3) is 0.200. The molecule has 0 aliphatic carbocycles. The SMILES string of the molecule is FC(F)Sc1cnc(Cl)nc1. The third-order valence-electron chi connectivity index (χ3n) is 0.822. The molecule has 0 radical (unpaired) electrons. The van der Waals surface area contributed by atoms with Gasteiger partial charge in [-0.3, -0.25) is 0 Å². The lowest BCUT2D eigenvalue weighted by Gasteiger charge is -1.96. The summed E-state index contributed by atoms with van der Waals surface area (Å²) in [6.45, 7) is 0. The first-order chi connectivity index (χ1) is 5.18. The zero-order chi connectivity index (χ0) is 8.27. The van der Waals surface area contributed by atoms with Gasteiger partial charge in [0.05, 0.1) is 0 Å². The molecule has 0 bridgehead atoms. The summed E-state index contributed by atoms with van der Waals surface area (Å²) in [4.78, 5) is 7.37. The number of thioether (sulfide) groups is 1. The molecule has 0 atom stereocenters. The van der Waals surface area contributed by atoms with Gasteiger partial charge in [-0.2, -0.15) is 8.78 Å². The van der Waals surface area contributed by atoms with Crippen molar-refractivity contribution in [3.05, 3.63) is 17.7 Å². The third kappa shape index (κ3) is 2.98. The maximum Gasteiger partial charge on any atom is 0.289 e. The smallest absolute Gasteiger partial charge is 0.225 e. The van der Waals surface area contributed by atoms with Gasteiger partial charge in [0.2, 0.25) is 5.28 Å². The Kier molecular flexibility index (Phi) is 3.02. The normalized spacial score (nSPS) is 10.5. The Bertz CT molecular complexity index is 228. The Hall–Kier alpha value is -0.420. The van der Waals surface area contributed by atoms with E-state index in [2.05, 4.69) is 9.97 Å². The molecule has 0 saturated heterocycles. The molecule has 1 aromatic heterocycles. The van der Waals surface area contributed by atoms with Crippen LogP contribution in [-0.4, -0.2) is 15.7 Å². The van der Waals surface area contributed by atoms with Gasteiger partial charge in [-0.25, -0.2) is 9.97 Å². The van der Waals surface area contributed by atoms with E-state index in [9.17, 15) is 8.78 Å². The molecule has 0 unspecified atom stereocenters. The van der Waals surface area contributed by atoms with Crippen LogP contribution in [0.2, 0.25) is 5.28 Å². The zero-order valence-corrected chi connectivity index (χ0v) is 6.74. The first-order valence-electron chi connectivity index (χ1n) is 2.61. The van der Waals surface area contributed by atoms with Crippen LogP contribution in [-0.2, 0) is 0 Å². The second-order valence-corrected chi connectivity index (χ2v) is 2.97. The van der Waals surface area contributed by atoms with Crippen molar-refractivity contribution in [1.82, 2.24) is 9.97 Å². The summed E-state index contributed by atoms with van der Waals surface area (Å²) >= 11 is 5.72. The first kappa shape index (κ1) is 8.67. The maximum atomic E-state index is 11.7. The molecule has 0 amide bonds. The third-order valence-corrected chi connectivity index (χ3v) is 1.68. The summed E-state index contributed by atoms with van der Waals surface area (Å²) < 4.78 is 23.4. The fourth-order valence-electron chi connectivity index (χ4n) is 0.464. The predicted octanol–water partition coefficient (Wildman–Crippen LogP) is 2.44. The number of alkyl halides is 2. The van der Waals surface area contributed by atoms with Crippen molar-refractivity contribution in [1.29, 1.82) is 0 Å². The lowest BCUT2D eigenvalue weighted by Crippen LogP contribution is -1.85. The Balaban J connectivity index is 2.66. The van der Waals surface area contributed by atoms with Gasteiger partial charge in [-0.1, -0.05) is 11.8 Å². The summed E-state index contributed by atoms with van der Waals surface area (Å²) in [5, 5.41) is 0.0589. The molecule has 0 spiro atoms. The molecule has 0 aliphatic heterocycles. The Morgan fingerprint density at radius 1 is 1.36 bits per heavy atom. The minimum absolute atomic E-state index is 0.0589. The van der Waals surface area contributed by atoms with Gasteiger partial charge in [0.15, 0.2) is 0 Å². The van der Waals surface area contributed by atoms with E-state index in [1.165, 1.54) is 12.4 Å². The molecule has 11 heavy (non-hydrogen) atoms. The Morgan fingerprint density at radius 3 is 2.36 bits per heavy atom. The molecule has 1 rings (SSSR count). The van der Waals surface area contributed by atoms with Crippen molar-refractivity contribution >= 4 is 23.4 Å². The summed E-state index contributed by atoms with van der Waals surface area (Å²) in [6, 6.07) is 0. The van der Waals surface area contributed by atoms with Crippen LogP contribution in [0.1, 0.15) is 0 Å². The lowest BCUT2D eigenvalue weighted by atomic mass is 10.7. The zero-order valence-electron chi connectivity index (χ0n) is 5.17. The van der Waals surface area contributed by atoms with E-state index in [0.29, 0.717) is 16.7 Å². The summed E-state index contributed by atoms with van der Waals surface area (Å²) in [5.74, 6) is -2.44. The lowest BCUT2D eigenvalue weighted by molar-refractivity contribution is 0.252. The van der Waals surface area contributed by atoms with Gasteiger partial charge in [-0.15, -0.1) is 0 Å². The van der Waals surface area contributed by atoms with E-state index < -0.39 is 5.76 Å². The van der Waals surface area contributed by atoms with E-state index in [1.54, 1.807) is 0 Å². The molecule has 1 heterocycles. The molecule has 0 saturated carbocycles. The van der Waals surface area contributed by atoms with Crippen molar-refractivity contribution in [2.75, 3.05) is 0 Å². The van der Waals surface area contributed by atoms with Crippen molar-refractivity contribution in [2.45, 2.75) is 10.7 Å². The van der Waals surface area contributed by atoms with Gasteiger partial charge in [0.1, 0.15) is 0 Å². The molecular weight excluding hydrogens is 194 g/mol. The van der Waals surface area contributed by atoms with E-state index in [1.807, 2.05) is 0 Å². The van der Waals surface area contributed by atoms with E-state index in [4.69, 9.17) is 11.6 Å². The summed E-state index contributed by atoms with van der Waals surface area (Å²) in [6.07, 6.45) is 2.51. The van der Waals surface area contributed by atoms with Crippen LogP contribution in [0.3, 0.4) is 0 Å². The van der Waals surface area contributed by atoms with Gasteiger partial charge < -0.3 is 0 Å². The van der Waals surface area contributed by atoms with Crippen LogP contribution in [0.25, 0.3) is 0 Å². The van der Waals surface area contributed by atoms with E-state index in [-0.39, 0.29) is 5.28 Å². The summed E-state index contributed by atoms with van der Waals surface area (Å²) in [5.41, 5.74) is 0. The second kappa shape index (κ2) is 3.82. The summed E-state index contributed by atoms with van der Waals surface area (Å²) in [7, 11) is 0. The number of halogens is 3. The van der Waals surface area contributed by atoms with Crippen molar-refractivity contribution in [3.63, 3.8) is 0 Å². The predicted molar refractivity (Wildman–Crippen MR) is 38.9 cm³/mol. The quantitative estimate of drug-likeness (QED) is 0.537. The monoisotopic (exact) mass is 196 g/mol. The number of nitrogens with zero attached hydrogens (tertiary/aromatic N) is 2. The molecule has 0 fully saturated rings. The van der Waals surface area contributed by atoms with Crippen molar-refractivity contribution < 1.29 is 8.78 Å². The highest BCUT2D eigenvalue weighted by Crippen LogP contribution is 2.23. The first-order valence-corrected chi connectivity index (χ1v) is 3.86. The molecule has 0 aliphatic rings. The van der Waals surface area contributed by atoms with E-state index >= 15 is 0 Å². The largest absolute Gasteiger partial charge is 0.289 e. The highest BCUT2D eigenvalue weighted by Gasteiger charge is 2.05. The molecule has 6 heteroatoms. The van der Waals surface area contributed by atoms with Crippen LogP contribution >= 0.6 is 23.4 Å². The van der Waals surface area contributed by atoms with Gasteiger partial charge >= 0.3 is 0 Å². The Labute approximate surface area is 71.0 Å². The molecule has 0 N–H and O–H groups in total. The minimum atomic E-state index is -2.44. The molecule has 2 nitrogen and oxygen atoms in total. The highest BCUT2D eigenvalue weighted by molar-refractivity contribution is 7.99. The highest BCUT2D eigenvalue weighted by atomic mass is 35.5. The van der Waals surface area contributed by atoms with Crippen LogP contribution in [0.4, 0.5) is 8.78 Å². The topological polar surface area (TPSA) is 25.8 Å². The molecule has 60 valence electrons. The standard InChI is InChI=1S/C5H3ClF2N2S/c6-4-9-1-3(2-10-4)11-5(7)8/h1-2,5H. The van der Waals surface area contributed by atoms with Crippen LogP contribution in [0.15, 0.2) is 17.3 Å². The second-order valence-electron chi connectivity index (χ2n) is 1.57. The van der Waals surface area contributed by atoms with Gasteiger partial charge in [-0.05, 0) is 11.6 Å². The van der Waals surface area contributed by atoms with Crippen molar-refractivity contribution in [2.24, 2.45) is 0 Å². The van der Waals surface area contributed by atoms with Crippen molar-refractivity contribution in [3.8, 4) is 0 Å². The van der Waals surface area contributed by atoms with E-state index in [0.717, 1.165) is 0 Å². The molecular formula is C5H3ClF2N2S. The number of hydrogen-bond donors (Lipinski definition) is 0. The maximum absolute atomic E-state index is 11.7. The fourth-order valence-corrected chi connectivity index (χ4v) is 0.995.